The molecular weight excluding hydrogens is 166 g/mol. The number of nitrogens with one attached hydrogen (secondary N) is 1. The van der Waals surface area contributed by atoms with Crippen molar-refractivity contribution < 1.29 is 9.84 Å². The zero-order chi connectivity index (χ0) is 8.89. The number of aliphatic hydroxyl groups is 1. The zero-order valence-corrected chi connectivity index (χ0v) is 7.16. The van der Waals surface area contributed by atoms with E-state index in [4.69, 9.17) is 4.74 Å². The number of anilines is 1. The first-order valence-electron chi connectivity index (χ1n) is 4.51. The minimum atomic E-state index is -0.795. The molecule has 2 N–H and O–H groups in total. The van der Waals surface area contributed by atoms with Crippen LogP contribution in [0.15, 0.2) is 24.3 Å². The highest BCUT2D eigenvalue weighted by atomic mass is 16.5. The van der Waals surface area contributed by atoms with Gasteiger partial charge in [-0.1, -0.05) is 18.2 Å². The first-order valence-corrected chi connectivity index (χ1v) is 4.51. The first-order chi connectivity index (χ1) is 6.31. The Bertz CT molecular complexity index is 353. The molecule has 1 aromatic carbocycles. The van der Waals surface area contributed by atoms with Crippen LogP contribution in [0.2, 0.25) is 0 Å². The Morgan fingerprint density at radius 2 is 2.31 bits per heavy atom. The minimum Gasteiger partial charge on any atom is -0.380 e. The van der Waals surface area contributed by atoms with Crippen molar-refractivity contribution in [3.8, 4) is 0 Å². The van der Waals surface area contributed by atoms with Gasteiger partial charge in [-0.2, -0.15) is 0 Å². The summed E-state index contributed by atoms with van der Waals surface area (Å²) in [5.41, 5.74) is 1.17. The highest BCUT2D eigenvalue weighted by Gasteiger charge is 2.49. The summed E-state index contributed by atoms with van der Waals surface area (Å²) >= 11 is 0. The molecule has 0 saturated carbocycles. The van der Waals surface area contributed by atoms with Crippen LogP contribution in [0.1, 0.15) is 12.0 Å². The molecule has 3 nitrogen and oxygen atoms in total. The maximum atomic E-state index is 10.3. The summed E-state index contributed by atoms with van der Waals surface area (Å²) in [6.45, 7) is 0.627. The Morgan fingerprint density at radius 1 is 1.46 bits per heavy atom. The van der Waals surface area contributed by atoms with Gasteiger partial charge in [0.15, 0.2) is 6.23 Å². The molecule has 0 amide bonds. The van der Waals surface area contributed by atoms with Crippen LogP contribution in [-0.4, -0.2) is 17.9 Å². The normalized spacial score (nSPS) is 35.3. The topological polar surface area (TPSA) is 41.5 Å². The van der Waals surface area contributed by atoms with E-state index in [9.17, 15) is 5.11 Å². The van der Waals surface area contributed by atoms with Gasteiger partial charge in [0.2, 0.25) is 0 Å². The fraction of sp³-hybridized carbons (Fsp3) is 0.400. The molecule has 1 fully saturated rings. The van der Waals surface area contributed by atoms with Gasteiger partial charge in [-0.25, -0.2) is 0 Å². The average molecular weight is 177 g/mol. The standard InChI is InChI=1S/C10H11NO2/c12-10-5-6-13-9(10)11-8-4-2-1-3-7(8)10/h1-4,9,11-12H,5-6H2/t9-,10+/m1/s1. The third kappa shape index (κ3) is 0.806. The molecule has 1 aromatic rings. The largest absolute Gasteiger partial charge is 0.380 e. The summed E-state index contributed by atoms with van der Waals surface area (Å²) in [6.07, 6.45) is 0.437. The van der Waals surface area contributed by atoms with Gasteiger partial charge >= 0.3 is 0 Å². The number of hydrogen-bond donors (Lipinski definition) is 2. The van der Waals surface area contributed by atoms with Gasteiger partial charge in [-0.05, 0) is 6.07 Å². The van der Waals surface area contributed by atoms with Crippen molar-refractivity contribution in [2.75, 3.05) is 11.9 Å². The van der Waals surface area contributed by atoms with Crippen LogP contribution < -0.4 is 5.32 Å². The van der Waals surface area contributed by atoms with E-state index in [1.165, 1.54) is 0 Å². The second kappa shape index (κ2) is 2.25. The molecular formula is C10H11NO2. The van der Waals surface area contributed by atoms with Crippen molar-refractivity contribution in [1.82, 2.24) is 0 Å². The summed E-state index contributed by atoms with van der Waals surface area (Å²) in [5, 5.41) is 13.5. The Balaban J connectivity index is 2.17. The second-order valence-electron chi connectivity index (χ2n) is 3.62. The first kappa shape index (κ1) is 7.35. The maximum Gasteiger partial charge on any atom is 0.161 e. The quantitative estimate of drug-likeness (QED) is 0.622. The summed E-state index contributed by atoms with van der Waals surface area (Å²) in [7, 11) is 0. The summed E-state index contributed by atoms with van der Waals surface area (Å²) in [6, 6.07) is 7.82. The number of para-hydroxylation sites is 1. The van der Waals surface area contributed by atoms with Gasteiger partial charge in [0.25, 0.3) is 0 Å². The summed E-state index contributed by atoms with van der Waals surface area (Å²) < 4.78 is 5.40. The Labute approximate surface area is 76.3 Å². The molecule has 0 aromatic heterocycles. The molecule has 0 unspecified atom stereocenters. The number of rotatable bonds is 0. The van der Waals surface area contributed by atoms with E-state index in [1.807, 2.05) is 24.3 Å². The van der Waals surface area contributed by atoms with Gasteiger partial charge in [-0.3, -0.25) is 0 Å². The number of hydrogen-bond acceptors (Lipinski definition) is 3. The number of fused-ring (bicyclic) bond motifs is 3. The number of benzene rings is 1. The predicted molar refractivity (Wildman–Crippen MR) is 48.3 cm³/mol. The second-order valence-corrected chi connectivity index (χ2v) is 3.62. The van der Waals surface area contributed by atoms with E-state index >= 15 is 0 Å². The van der Waals surface area contributed by atoms with Gasteiger partial charge < -0.3 is 15.2 Å². The third-order valence-electron chi connectivity index (χ3n) is 2.88. The van der Waals surface area contributed by atoms with Crippen LogP contribution in [0.4, 0.5) is 5.69 Å². The Morgan fingerprint density at radius 3 is 3.23 bits per heavy atom. The van der Waals surface area contributed by atoms with Gasteiger partial charge in [0, 0.05) is 17.7 Å². The molecule has 0 aliphatic carbocycles. The molecule has 3 heteroatoms. The molecule has 0 spiro atoms. The Kier molecular flexibility index (Phi) is 1.27. The molecule has 3 rings (SSSR count). The lowest BCUT2D eigenvalue weighted by Crippen LogP contribution is -2.33. The lowest BCUT2D eigenvalue weighted by atomic mass is 9.93. The van der Waals surface area contributed by atoms with Crippen LogP contribution in [-0.2, 0) is 10.3 Å². The third-order valence-corrected chi connectivity index (χ3v) is 2.88. The molecule has 2 aliphatic rings. The molecule has 13 heavy (non-hydrogen) atoms. The van der Waals surface area contributed by atoms with Gasteiger partial charge in [-0.15, -0.1) is 0 Å². The Hall–Kier alpha value is -1.06. The number of ether oxygens (including phenoxy) is 1. The summed E-state index contributed by atoms with van der Waals surface area (Å²) in [4.78, 5) is 0. The lowest BCUT2D eigenvalue weighted by molar-refractivity contribution is -0.0169. The van der Waals surface area contributed by atoms with E-state index in [1.54, 1.807) is 0 Å². The maximum absolute atomic E-state index is 10.3. The molecule has 68 valence electrons. The van der Waals surface area contributed by atoms with E-state index in [2.05, 4.69) is 5.32 Å². The molecule has 1 saturated heterocycles. The van der Waals surface area contributed by atoms with Crippen molar-refractivity contribution in [3.63, 3.8) is 0 Å². The monoisotopic (exact) mass is 177 g/mol. The SMILES string of the molecule is O[C@]12CCO[C@H]1Nc1ccccc12. The molecule has 2 aliphatic heterocycles. The highest BCUT2D eigenvalue weighted by molar-refractivity contribution is 5.60. The van der Waals surface area contributed by atoms with Crippen molar-refractivity contribution in [2.24, 2.45) is 0 Å². The summed E-state index contributed by atoms with van der Waals surface area (Å²) in [5.74, 6) is 0. The van der Waals surface area contributed by atoms with Crippen molar-refractivity contribution >= 4 is 5.69 Å². The lowest BCUT2D eigenvalue weighted by Gasteiger charge is -2.20. The van der Waals surface area contributed by atoms with Crippen molar-refractivity contribution in [3.05, 3.63) is 29.8 Å². The van der Waals surface area contributed by atoms with E-state index < -0.39 is 5.60 Å². The molecule has 2 heterocycles. The van der Waals surface area contributed by atoms with Crippen molar-refractivity contribution in [1.29, 1.82) is 0 Å². The molecule has 0 bridgehead atoms. The highest BCUT2D eigenvalue weighted by Crippen LogP contribution is 2.45. The zero-order valence-electron chi connectivity index (χ0n) is 7.16. The molecule has 0 radical (unpaired) electrons. The smallest absolute Gasteiger partial charge is 0.161 e. The van der Waals surface area contributed by atoms with Crippen LogP contribution in [0, 0.1) is 0 Å². The predicted octanol–water partition coefficient (Wildman–Crippen LogP) is 1.05. The fourth-order valence-corrected chi connectivity index (χ4v) is 2.17. The van der Waals surface area contributed by atoms with Crippen molar-refractivity contribution in [2.45, 2.75) is 18.2 Å². The van der Waals surface area contributed by atoms with Crippen LogP contribution in [0.25, 0.3) is 0 Å². The van der Waals surface area contributed by atoms with E-state index in [0.29, 0.717) is 13.0 Å². The van der Waals surface area contributed by atoms with Crippen LogP contribution in [0.5, 0.6) is 0 Å². The van der Waals surface area contributed by atoms with Gasteiger partial charge in [0.05, 0.1) is 6.61 Å². The van der Waals surface area contributed by atoms with E-state index in [0.717, 1.165) is 11.3 Å². The average Bonchev–Trinajstić information content (AvgIpc) is 2.60. The van der Waals surface area contributed by atoms with E-state index in [-0.39, 0.29) is 6.23 Å². The minimum absolute atomic E-state index is 0.245. The fourth-order valence-electron chi connectivity index (χ4n) is 2.17. The van der Waals surface area contributed by atoms with Crippen LogP contribution in [0.3, 0.4) is 0 Å². The van der Waals surface area contributed by atoms with Gasteiger partial charge in [0.1, 0.15) is 5.60 Å². The molecule has 2 atom stereocenters. The van der Waals surface area contributed by atoms with Crippen LogP contribution >= 0.6 is 0 Å².